The molecule has 0 aliphatic heterocycles. The van der Waals surface area contributed by atoms with E-state index in [2.05, 4.69) is 59.0 Å². The van der Waals surface area contributed by atoms with Crippen LogP contribution in [-0.2, 0) is 0 Å². The van der Waals surface area contributed by atoms with Gasteiger partial charge in [0.1, 0.15) is 5.76 Å². The molecule has 4 nitrogen and oxygen atoms in total. The molecule has 4 aromatic rings. The van der Waals surface area contributed by atoms with E-state index in [4.69, 9.17) is 4.42 Å². The summed E-state index contributed by atoms with van der Waals surface area (Å²) in [5.41, 5.74) is 5.74. The van der Waals surface area contributed by atoms with E-state index in [1.807, 2.05) is 43.5 Å². The van der Waals surface area contributed by atoms with E-state index in [1.54, 1.807) is 18.7 Å². The third-order valence-electron chi connectivity index (χ3n) is 4.93. The molecule has 0 aliphatic carbocycles. The second kappa shape index (κ2) is 11.7. The van der Waals surface area contributed by atoms with E-state index in [1.165, 1.54) is 11.3 Å². The van der Waals surface area contributed by atoms with Crippen LogP contribution in [0.1, 0.15) is 32.3 Å². The minimum atomic E-state index is 0.890. The zero-order valence-corrected chi connectivity index (χ0v) is 18.7. The van der Waals surface area contributed by atoms with Crippen LogP contribution in [0.25, 0.3) is 22.6 Å². The molecule has 0 unspecified atom stereocenters. The summed E-state index contributed by atoms with van der Waals surface area (Å²) in [5, 5.41) is 0. The predicted molar refractivity (Wildman–Crippen MR) is 129 cm³/mol. The Morgan fingerprint density at radius 2 is 1.45 bits per heavy atom. The van der Waals surface area contributed by atoms with Crippen LogP contribution in [0.5, 0.6) is 0 Å². The van der Waals surface area contributed by atoms with E-state index in [0.29, 0.717) is 0 Å². The van der Waals surface area contributed by atoms with E-state index in [9.17, 15) is 0 Å². The second-order valence-electron chi connectivity index (χ2n) is 7.44. The first-order chi connectivity index (χ1) is 15.2. The van der Waals surface area contributed by atoms with Gasteiger partial charge in [-0.15, -0.1) is 0 Å². The zero-order valence-electron chi connectivity index (χ0n) is 18.7. The fourth-order valence-corrected chi connectivity index (χ4v) is 3.43. The Hall–Kier alpha value is -3.40. The summed E-state index contributed by atoms with van der Waals surface area (Å²) in [5.74, 6) is 0.890. The molecule has 0 spiro atoms. The number of hydrogen-bond donors (Lipinski definition) is 0. The molecule has 160 valence electrons. The molecule has 0 saturated heterocycles. The smallest absolute Gasteiger partial charge is 0.133 e. The summed E-state index contributed by atoms with van der Waals surface area (Å²) < 4.78 is 5.47. The topological polar surface area (TPSA) is 42.2 Å². The quantitative estimate of drug-likeness (QED) is 0.326. The highest BCUT2D eigenvalue weighted by molar-refractivity contribution is 5.76. The van der Waals surface area contributed by atoms with E-state index in [-0.39, 0.29) is 0 Å². The van der Waals surface area contributed by atoms with Gasteiger partial charge in [0.15, 0.2) is 0 Å². The van der Waals surface area contributed by atoms with Gasteiger partial charge in [-0.25, -0.2) is 0 Å². The van der Waals surface area contributed by atoms with Crippen LogP contribution >= 0.6 is 0 Å². The Kier molecular flexibility index (Phi) is 8.41. The maximum Gasteiger partial charge on any atom is 0.133 e. The molecule has 4 rings (SSSR count). The highest BCUT2D eigenvalue weighted by Crippen LogP contribution is 2.31. The Balaban J connectivity index is 0.000000330. The minimum absolute atomic E-state index is 0.890. The lowest BCUT2D eigenvalue weighted by Crippen LogP contribution is -2.25. The van der Waals surface area contributed by atoms with Gasteiger partial charge in [-0.3, -0.25) is 9.97 Å². The minimum Gasteiger partial charge on any atom is -0.464 e. The van der Waals surface area contributed by atoms with E-state index < -0.39 is 0 Å². The van der Waals surface area contributed by atoms with Gasteiger partial charge in [0.05, 0.1) is 17.6 Å². The third-order valence-corrected chi connectivity index (χ3v) is 4.93. The van der Waals surface area contributed by atoms with Crippen molar-refractivity contribution in [1.29, 1.82) is 0 Å². The van der Waals surface area contributed by atoms with Crippen molar-refractivity contribution in [3.05, 3.63) is 91.1 Å². The summed E-state index contributed by atoms with van der Waals surface area (Å²) >= 11 is 0. The zero-order chi connectivity index (χ0) is 21.9. The molecular weight excluding hydrogens is 382 g/mol. The van der Waals surface area contributed by atoms with Crippen molar-refractivity contribution in [2.24, 2.45) is 0 Å². The molecule has 0 fully saturated rings. The number of rotatable bonds is 7. The molecule has 0 aliphatic rings. The van der Waals surface area contributed by atoms with Crippen LogP contribution in [0.3, 0.4) is 0 Å². The lowest BCUT2D eigenvalue weighted by Gasteiger charge is -2.25. The van der Waals surface area contributed by atoms with E-state index >= 15 is 0 Å². The van der Waals surface area contributed by atoms with Crippen molar-refractivity contribution in [2.75, 3.05) is 18.0 Å². The van der Waals surface area contributed by atoms with Gasteiger partial charge in [-0.1, -0.05) is 38.1 Å². The van der Waals surface area contributed by atoms with Gasteiger partial charge in [-0.2, -0.15) is 0 Å². The molecule has 0 atom stereocenters. The molecule has 0 saturated carbocycles. The van der Waals surface area contributed by atoms with Crippen LogP contribution < -0.4 is 4.90 Å². The number of furan rings is 1. The summed E-state index contributed by atoms with van der Waals surface area (Å²) in [4.78, 5) is 10.9. The van der Waals surface area contributed by atoms with Gasteiger partial charge in [-0.05, 0) is 61.7 Å². The molecular formula is C27H31N3O. The number of benzene rings is 1. The summed E-state index contributed by atoms with van der Waals surface area (Å²) in [7, 11) is 0. The van der Waals surface area contributed by atoms with Crippen molar-refractivity contribution >= 4 is 5.69 Å². The maximum atomic E-state index is 5.47. The predicted octanol–water partition coefficient (Wildman–Crippen LogP) is 7.03. The normalized spacial score (nSPS) is 10.3. The van der Waals surface area contributed by atoms with Gasteiger partial charge >= 0.3 is 0 Å². The highest BCUT2D eigenvalue weighted by atomic mass is 16.3. The molecule has 0 amide bonds. The van der Waals surface area contributed by atoms with Crippen LogP contribution in [0, 0.1) is 6.92 Å². The summed E-state index contributed by atoms with van der Waals surface area (Å²) in [6.45, 7) is 8.59. The van der Waals surface area contributed by atoms with Crippen LogP contribution in [0.15, 0.2) is 89.9 Å². The Labute approximate surface area is 185 Å². The number of anilines is 1. The van der Waals surface area contributed by atoms with Crippen LogP contribution in [0.2, 0.25) is 0 Å². The average molecular weight is 414 g/mol. The SMILES string of the molecule is CCCN(CCC)c1cccnc1-c1ccc(-c2ccco2)cc1.Cc1ccncc1. The lowest BCUT2D eigenvalue weighted by atomic mass is 10.1. The van der Waals surface area contributed by atoms with Crippen molar-refractivity contribution < 1.29 is 4.42 Å². The number of nitrogens with zero attached hydrogens (tertiary/aromatic N) is 3. The first kappa shape index (κ1) is 22.3. The molecule has 0 bridgehead atoms. The maximum absolute atomic E-state index is 5.47. The average Bonchev–Trinajstić information content (AvgIpc) is 3.35. The largest absolute Gasteiger partial charge is 0.464 e. The fourth-order valence-electron chi connectivity index (χ4n) is 3.43. The van der Waals surface area contributed by atoms with Gasteiger partial charge < -0.3 is 9.32 Å². The van der Waals surface area contributed by atoms with E-state index in [0.717, 1.165) is 48.5 Å². The molecule has 3 aromatic heterocycles. The van der Waals surface area contributed by atoms with Gasteiger partial charge in [0.2, 0.25) is 0 Å². The highest BCUT2D eigenvalue weighted by Gasteiger charge is 2.13. The number of aromatic nitrogens is 2. The molecule has 4 heteroatoms. The lowest BCUT2D eigenvalue weighted by molar-refractivity contribution is 0.582. The summed E-state index contributed by atoms with van der Waals surface area (Å²) in [6, 6.07) is 20.5. The van der Waals surface area contributed by atoms with Crippen molar-refractivity contribution in [3.8, 4) is 22.6 Å². The number of pyridine rings is 2. The Morgan fingerprint density at radius 1 is 0.774 bits per heavy atom. The monoisotopic (exact) mass is 413 g/mol. The second-order valence-corrected chi connectivity index (χ2v) is 7.44. The summed E-state index contributed by atoms with van der Waals surface area (Å²) in [6.07, 6.45) is 9.41. The Morgan fingerprint density at radius 3 is 2.00 bits per heavy atom. The molecule has 1 aromatic carbocycles. The molecule has 0 radical (unpaired) electrons. The van der Waals surface area contributed by atoms with Crippen molar-refractivity contribution in [1.82, 2.24) is 9.97 Å². The van der Waals surface area contributed by atoms with Crippen molar-refractivity contribution in [3.63, 3.8) is 0 Å². The standard InChI is InChI=1S/C21H24N2O.C6H7N/c1-3-14-23(15-4-2)19-7-5-13-22-21(19)18-11-9-17(10-12-18)20-8-6-16-24-20;1-6-2-4-7-5-3-6/h5-13,16H,3-4,14-15H2,1-2H3;2-5H,1H3. The van der Waals surface area contributed by atoms with Gasteiger partial charge in [0, 0.05) is 42.8 Å². The van der Waals surface area contributed by atoms with Crippen molar-refractivity contribution in [2.45, 2.75) is 33.6 Å². The third kappa shape index (κ3) is 6.29. The number of hydrogen-bond acceptors (Lipinski definition) is 4. The first-order valence-corrected chi connectivity index (χ1v) is 10.9. The van der Waals surface area contributed by atoms with Crippen LogP contribution in [0.4, 0.5) is 5.69 Å². The first-order valence-electron chi connectivity index (χ1n) is 10.9. The fraction of sp³-hybridized carbons (Fsp3) is 0.259. The molecule has 31 heavy (non-hydrogen) atoms. The Bertz CT molecular complexity index is 1010. The van der Waals surface area contributed by atoms with Crippen LogP contribution in [-0.4, -0.2) is 23.1 Å². The molecule has 0 N–H and O–H groups in total. The molecule has 3 heterocycles. The number of aryl methyl sites for hydroxylation is 1. The van der Waals surface area contributed by atoms with Gasteiger partial charge in [0.25, 0.3) is 0 Å².